The van der Waals surface area contributed by atoms with Crippen LogP contribution in [-0.4, -0.2) is 19.1 Å². The third-order valence-corrected chi connectivity index (χ3v) is 3.66. The summed E-state index contributed by atoms with van der Waals surface area (Å²) in [7, 11) is 1.36. The van der Waals surface area contributed by atoms with Crippen LogP contribution in [0, 0.1) is 52.3 Å². The average Bonchev–Trinajstić information content (AvgIpc) is 2.71. The molecule has 1 unspecified atom stereocenters. The number of nitriles is 1. The van der Waals surface area contributed by atoms with E-state index >= 15 is 0 Å². The van der Waals surface area contributed by atoms with Crippen molar-refractivity contribution in [3.05, 3.63) is 64.5 Å². The predicted molar refractivity (Wildman–Crippen MR) is 87.4 cm³/mol. The first-order chi connectivity index (χ1) is 13.3. The zero-order valence-corrected chi connectivity index (χ0v) is 14.2. The molecule has 0 heterocycles. The maximum atomic E-state index is 13.6. The minimum absolute atomic E-state index is 0.00328. The Bertz CT molecular complexity index is 975. The van der Waals surface area contributed by atoms with E-state index in [1.54, 1.807) is 30.3 Å². The second kappa shape index (κ2) is 8.98. The highest BCUT2D eigenvalue weighted by atomic mass is 19.2. The number of benzene rings is 2. The number of nitrogens with one attached hydrogen (secondary N) is 1. The summed E-state index contributed by atoms with van der Waals surface area (Å²) in [5.41, 5.74) is 1.14. The van der Waals surface area contributed by atoms with Crippen LogP contribution in [0.5, 0.6) is 5.75 Å². The molecule has 0 radical (unpaired) electrons. The van der Waals surface area contributed by atoms with E-state index in [0.717, 1.165) is 0 Å². The van der Waals surface area contributed by atoms with Gasteiger partial charge in [0.1, 0.15) is 6.04 Å². The lowest BCUT2D eigenvalue weighted by Crippen LogP contribution is -2.39. The van der Waals surface area contributed by atoms with Crippen molar-refractivity contribution >= 4 is 5.97 Å². The number of carbonyl (C=O) groups excluding carboxylic acids is 1. The Morgan fingerprint density at radius 1 is 1.04 bits per heavy atom. The lowest BCUT2D eigenvalue weighted by molar-refractivity contribution is -0.137. The molecule has 0 aliphatic carbocycles. The van der Waals surface area contributed by atoms with Gasteiger partial charge in [-0.15, -0.1) is 0 Å². The van der Waals surface area contributed by atoms with Crippen molar-refractivity contribution in [1.82, 2.24) is 5.32 Å². The second-order valence-electron chi connectivity index (χ2n) is 5.42. The summed E-state index contributed by atoms with van der Waals surface area (Å²) in [6.45, 7) is 0. The molecule has 2 aromatic carbocycles. The first-order valence-corrected chi connectivity index (χ1v) is 7.69. The van der Waals surface area contributed by atoms with E-state index in [4.69, 9.17) is 5.26 Å². The second-order valence-corrected chi connectivity index (χ2v) is 5.42. The van der Waals surface area contributed by atoms with Gasteiger partial charge < -0.3 is 10.1 Å². The van der Waals surface area contributed by atoms with Gasteiger partial charge in [-0.2, -0.15) is 14.0 Å². The summed E-state index contributed by atoms with van der Waals surface area (Å²) < 4.78 is 71.2. The first kappa shape index (κ1) is 20.9. The van der Waals surface area contributed by atoms with Crippen LogP contribution in [0.1, 0.15) is 11.1 Å². The van der Waals surface area contributed by atoms with Crippen LogP contribution in [0.4, 0.5) is 22.0 Å². The van der Waals surface area contributed by atoms with Crippen molar-refractivity contribution < 1.29 is 31.5 Å². The Morgan fingerprint density at radius 3 is 2.07 bits per heavy atom. The van der Waals surface area contributed by atoms with E-state index in [1.807, 2.05) is 0 Å². The Kier molecular flexibility index (Phi) is 6.69. The molecule has 0 amide bonds. The SMILES string of the molecule is CNC(Cc1ccc(C#CC#N)cc1)C(=O)Oc1c(F)c(F)c(F)c(F)c1F. The molecule has 144 valence electrons. The lowest BCUT2D eigenvalue weighted by atomic mass is 10.0. The molecule has 0 aromatic heterocycles. The normalized spacial score (nSPS) is 11.2. The molecule has 0 spiro atoms. The van der Waals surface area contributed by atoms with Gasteiger partial charge in [0.05, 0.1) is 0 Å². The van der Waals surface area contributed by atoms with E-state index in [-0.39, 0.29) is 6.42 Å². The Hall–Kier alpha value is -3.43. The number of rotatable bonds is 5. The standard InChI is InChI=1S/C19H11F5N2O2/c1-26-12(9-11-6-4-10(5-7-11)3-2-8-25)19(27)28-18-16(23)14(21)13(20)15(22)17(18)24/h4-7,12,26H,9H2,1H3. The van der Waals surface area contributed by atoms with Crippen LogP contribution in [0.3, 0.4) is 0 Å². The van der Waals surface area contributed by atoms with Gasteiger partial charge in [-0.3, -0.25) is 0 Å². The van der Waals surface area contributed by atoms with E-state index in [2.05, 4.69) is 21.9 Å². The zero-order valence-electron chi connectivity index (χ0n) is 14.2. The minimum Gasteiger partial charge on any atom is -0.419 e. The molecule has 2 rings (SSSR count). The number of nitrogens with zero attached hydrogens (tertiary/aromatic N) is 1. The fourth-order valence-corrected chi connectivity index (χ4v) is 2.21. The topological polar surface area (TPSA) is 62.1 Å². The molecule has 1 atom stereocenters. The largest absolute Gasteiger partial charge is 0.419 e. The lowest BCUT2D eigenvalue weighted by Gasteiger charge is -2.16. The maximum Gasteiger partial charge on any atom is 0.329 e. The van der Waals surface area contributed by atoms with Crippen molar-refractivity contribution in [3.63, 3.8) is 0 Å². The Balaban J connectivity index is 2.20. The number of esters is 1. The van der Waals surface area contributed by atoms with E-state index in [0.29, 0.717) is 11.1 Å². The number of hydrogen-bond acceptors (Lipinski definition) is 4. The van der Waals surface area contributed by atoms with Gasteiger partial charge in [0.25, 0.3) is 0 Å². The first-order valence-electron chi connectivity index (χ1n) is 7.69. The molecule has 2 aromatic rings. The van der Waals surface area contributed by atoms with E-state index in [1.165, 1.54) is 7.05 Å². The van der Waals surface area contributed by atoms with Crippen molar-refractivity contribution in [2.45, 2.75) is 12.5 Å². The number of carbonyl (C=O) groups is 1. The highest BCUT2D eigenvalue weighted by Crippen LogP contribution is 2.29. The molecule has 4 nitrogen and oxygen atoms in total. The van der Waals surface area contributed by atoms with Gasteiger partial charge in [0, 0.05) is 11.5 Å². The van der Waals surface area contributed by atoms with Crippen molar-refractivity contribution in [3.8, 4) is 23.7 Å². The Morgan fingerprint density at radius 2 is 1.57 bits per heavy atom. The van der Waals surface area contributed by atoms with Gasteiger partial charge in [0.15, 0.2) is 6.07 Å². The van der Waals surface area contributed by atoms with Crippen molar-refractivity contribution in [1.29, 1.82) is 5.26 Å². The molecular weight excluding hydrogens is 383 g/mol. The van der Waals surface area contributed by atoms with Gasteiger partial charge in [-0.05, 0) is 31.2 Å². The predicted octanol–water partition coefficient (Wildman–Crippen LogP) is 2.99. The van der Waals surface area contributed by atoms with Crippen LogP contribution in [-0.2, 0) is 11.2 Å². The molecule has 0 saturated carbocycles. The molecule has 9 heteroatoms. The summed E-state index contributed by atoms with van der Waals surface area (Å²) in [6, 6.07) is 6.89. The third-order valence-electron chi connectivity index (χ3n) is 3.66. The van der Waals surface area contributed by atoms with Gasteiger partial charge in [-0.1, -0.05) is 18.1 Å². The summed E-state index contributed by atoms with van der Waals surface area (Å²) in [5, 5.41) is 10.9. The molecular formula is C19H11F5N2O2. The van der Waals surface area contributed by atoms with Crippen LogP contribution in [0.25, 0.3) is 0 Å². The van der Waals surface area contributed by atoms with E-state index < -0.39 is 46.8 Å². The summed E-state index contributed by atoms with van der Waals surface area (Å²) in [6.07, 6.45) is -0.00328. The summed E-state index contributed by atoms with van der Waals surface area (Å²) >= 11 is 0. The zero-order chi connectivity index (χ0) is 20.8. The molecule has 0 aliphatic rings. The van der Waals surface area contributed by atoms with Gasteiger partial charge >= 0.3 is 5.97 Å². The van der Waals surface area contributed by atoms with Crippen molar-refractivity contribution in [2.75, 3.05) is 7.05 Å². The highest BCUT2D eigenvalue weighted by molar-refractivity contribution is 5.78. The fraction of sp³-hybridized carbons (Fsp3) is 0.158. The van der Waals surface area contributed by atoms with Gasteiger partial charge in [0.2, 0.25) is 34.8 Å². The van der Waals surface area contributed by atoms with Crippen LogP contribution >= 0.6 is 0 Å². The molecule has 0 aliphatic heterocycles. The number of hydrogen-bond donors (Lipinski definition) is 1. The molecule has 0 saturated heterocycles. The van der Waals surface area contributed by atoms with Crippen LogP contribution in [0.15, 0.2) is 24.3 Å². The van der Waals surface area contributed by atoms with Crippen molar-refractivity contribution in [2.24, 2.45) is 0 Å². The number of likely N-dealkylation sites (N-methyl/N-ethyl adjacent to an activating group) is 1. The van der Waals surface area contributed by atoms with Gasteiger partial charge in [-0.25, -0.2) is 18.0 Å². The number of halogens is 5. The van der Waals surface area contributed by atoms with E-state index in [9.17, 15) is 26.7 Å². The minimum atomic E-state index is -2.35. The molecule has 0 bridgehead atoms. The smallest absolute Gasteiger partial charge is 0.329 e. The third kappa shape index (κ3) is 4.45. The average molecular weight is 394 g/mol. The highest BCUT2D eigenvalue weighted by Gasteiger charge is 2.30. The maximum absolute atomic E-state index is 13.6. The molecule has 1 N–H and O–H groups in total. The quantitative estimate of drug-likeness (QED) is 0.212. The Labute approximate surface area is 156 Å². The molecule has 28 heavy (non-hydrogen) atoms. The summed E-state index contributed by atoms with van der Waals surface area (Å²) in [4.78, 5) is 12.2. The molecule has 0 fully saturated rings. The fourth-order valence-electron chi connectivity index (χ4n) is 2.21. The summed E-state index contributed by atoms with van der Waals surface area (Å²) in [5.74, 6) is -9.36. The number of ether oxygens (including phenoxy) is 1. The van der Waals surface area contributed by atoms with Crippen LogP contribution < -0.4 is 10.1 Å². The van der Waals surface area contributed by atoms with Crippen LogP contribution in [0.2, 0.25) is 0 Å². The monoisotopic (exact) mass is 394 g/mol.